The largest absolute Gasteiger partial charge is 0.306 e. The molecule has 0 spiro atoms. The Morgan fingerprint density at radius 1 is 1.35 bits per heavy atom. The van der Waals surface area contributed by atoms with Gasteiger partial charge in [0.05, 0.1) is 0 Å². The van der Waals surface area contributed by atoms with E-state index in [-0.39, 0.29) is 0 Å². The van der Waals surface area contributed by atoms with Crippen LogP contribution in [0.5, 0.6) is 0 Å². The van der Waals surface area contributed by atoms with Crippen molar-refractivity contribution < 1.29 is 0 Å². The third-order valence-corrected chi connectivity index (χ3v) is 5.28. The molecule has 1 aromatic rings. The van der Waals surface area contributed by atoms with Crippen molar-refractivity contribution >= 4 is 11.3 Å². The number of hydrogen-bond acceptors (Lipinski definition) is 2. The van der Waals surface area contributed by atoms with Gasteiger partial charge < -0.3 is 5.32 Å². The molecule has 0 amide bonds. The Morgan fingerprint density at radius 2 is 2.18 bits per heavy atom. The van der Waals surface area contributed by atoms with Crippen molar-refractivity contribution in [2.45, 2.75) is 58.0 Å². The summed E-state index contributed by atoms with van der Waals surface area (Å²) in [5.41, 5.74) is 0.557. The molecule has 2 aliphatic rings. The minimum Gasteiger partial charge on any atom is -0.306 e. The van der Waals surface area contributed by atoms with E-state index in [0.29, 0.717) is 11.5 Å². The second-order valence-electron chi connectivity index (χ2n) is 6.60. The third-order valence-electron chi connectivity index (χ3n) is 4.33. The lowest BCUT2D eigenvalue weighted by molar-refractivity contribution is 0.345. The summed E-state index contributed by atoms with van der Waals surface area (Å²) in [6, 6.07) is 5.89. The van der Waals surface area contributed by atoms with E-state index in [1.165, 1.54) is 32.1 Å². The molecular weight excluding hydrogens is 226 g/mol. The van der Waals surface area contributed by atoms with Gasteiger partial charge in [-0.25, -0.2) is 0 Å². The first-order valence-corrected chi connectivity index (χ1v) is 7.81. The van der Waals surface area contributed by atoms with Crippen LogP contribution in [0.4, 0.5) is 0 Å². The van der Waals surface area contributed by atoms with Crippen molar-refractivity contribution in [3.8, 4) is 0 Å². The zero-order valence-corrected chi connectivity index (χ0v) is 11.7. The molecule has 2 saturated carbocycles. The minimum absolute atomic E-state index is 0.557. The predicted molar refractivity (Wildman–Crippen MR) is 74.3 cm³/mol. The van der Waals surface area contributed by atoms with Crippen LogP contribution in [0, 0.1) is 11.3 Å². The topological polar surface area (TPSA) is 12.0 Å². The molecule has 1 heterocycles. The van der Waals surface area contributed by atoms with Crippen molar-refractivity contribution in [1.29, 1.82) is 0 Å². The molecule has 1 N–H and O–H groups in total. The average molecular weight is 249 g/mol. The molecule has 2 atom stereocenters. The van der Waals surface area contributed by atoms with Crippen LogP contribution in [0.25, 0.3) is 0 Å². The van der Waals surface area contributed by atoms with Gasteiger partial charge in [-0.05, 0) is 54.9 Å². The Labute approximate surface area is 109 Å². The molecule has 17 heavy (non-hydrogen) atoms. The van der Waals surface area contributed by atoms with Crippen LogP contribution >= 0.6 is 11.3 Å². The molecule has 2 fully saturated rings. The number of thiophene rings is 1. The summed E-state index contributed by atoms with van der Waals surface area (Å²) >= 11 is 1.92. The lowest BCUT2D eigenvalue weighted by atomic mass is 9.91. The van der Waals surface area contributed by atoms with Crippen LogP contribution in [0.3, 0.4) is 0 Å². The quantitative estimate of drug-likeness (QED) is 0.835. The normalized spacial score (nSPS) is 29.4. The molecule has 2 aliphatic carbocycles. The average Bonchev–Trinajstić information content (AvgIpc) is 2.84. The molecule has 1 nitrogen and oxygen atoms in total. The van der Waals surface area contributed by atoms with Crippen LogP contribution in [0.2, 0.25) is 0 Å². The molecule has 1 aromatic heterocycles. The molecule has 0 radical (unpaired) electrons. The lowest BCUT2D eigenvalue weighted by Gasteiger charge is -2.23. The highest BCUT2D eigenvalue weighted by Gasteiger charge is 2.37. The van der Waals surface area contributed by atoms with Gasteiger partial charge in [0.25, 0.3) is 0 Å². The highest BCUT2D eigenvalue weighted by molar-refractivity contribution is 7.10. The number of nitrogens with one attached hydrogen (secondary N) is 1. The molecule has 2 heteroatoms. The van der Waals surface area contributed by atoms with Gasteiger partial charge in [0.1, 0.15) is 0 Å². The highest BCUT2D eigenvalue weighted by Crippen LogP contribution is 2.45. The van der Waals surface area contributed by atoms with Crippen molar-refractivity contribution in [2.24, 2.45) is 11.3 Å². The van der Waals surface area contributed by atoms with Crippen molar-refractivity contribution in [2.75, 3.05) is 0 Å². The first-order chi connectivity index (χ1) is 8.14. The molecule has 2 unspecified atom stereocenters. The van der Waals surface area contributed by atoms with Gasteiger partial charge in [0.2, 0.25) is 0 Å². The summed E-state index contributed by atoms with van der Waals surface area (Å²) in [5, 5.41) is 6.16. The van der Waals surface area contributed by atoms with Gasteiger partial charge in [0, 0.05) is 17.0 Å². The number of hydrogen-bond donors (Lipinski definition) is 1. The third kappa shape index (κ3) is 2.74. The maximum atomic E-state index is 3.95. The van der Waals surface area contributed by atoms with Gasteiger partial charge in [-0.2, -0.15) is 0 Å². The Morgan fingerprint density at radius 3 is 2.71 bits per heavy atom. The van der Waals surface area contributed by atoms with E-state index < -0.39 is 0 Å². The lowest BCUT2D eigenvalue weighted by Crippen LogP contribution is -2.32. The second-order valence-corrected chi connectivity index (χ2v) is 7.58. The summed E-state index contributed by atoms with van der Waals surface area (Å²) in [6.07, 6.45) is 6.94. The van der Waals surface area contributed by atoms with Crippen LogP contribution in [0.1, 0.15) is 56.9 Å². The maximum Gasteiger partial charge on any atom is 0.0445 e. The molecule has 94 valence electrons. The summed E-state index contributed by atoms with van der Waals surface area (Å²) < 4.78 is 0. The molecule has 0 aliphatic heterocycles. The summed E-state index contributed by atoms with van der Waals surface area (Å²) in [6.45, 7) is 4.82. The first kappa shape index (κ1) is 11.7. The summed E-state index contributed by atoms with van der Waals surface area (Å²) in [4.78, 5) is 1.55. The zero-order valence-electron chi connectivity index (χ0n) is 10.9. The van der Waals surface area contributed by atoms with Crippen molar-refractivity contribution in [1.82, 2.24) is 5.32 Å². The monoisotopic (exact) mass is 249 g/mol. The zero-order chi connectivity index (χ0) is 11.9. The van der Waals surface area contributed by atoms with E-state index in [1.54, 1.807) is 4.88 Å². The van der Waals surface area contributed by atoms with Crippen LogP contribution in [0.15, 0.2) is 17.5 Å². The fourth-order valence-corrected chi connectivity index (χ4v) is 4.06. The second kappa shape index (κ2) is 4.40. The van der Waals surface area contributed by atoms with Crippen molar-refractivity contribution in [3.05, 3.63) is 22.4 Å². The Balaban J connectivity index is 1.66. The van der Waals surface area contributed by atoms with Gasteiger partial charge >= 0.3 is 0 Å². The maximum absolute atomic E-state index is 3.95. The fraction of sp³-hybridized carbons (Fsp3) is 0.733. The van der Waals surface area contributed by atoms with Crippen LogP contribution in [-0.2, 0) is 0 Å². The van der Waals surface area contributed by atoms with E-state index >= 15 is 0 Å². The predicted octanol–water partition coefficient (Wildman–Crippen LogP) is 4.37. The first-order valence-electron chi connectivity index (χ1n) is 6.93. The highest BCUT2D eigenvalue weighted by atomic mass is 32.1. The molecular formula is C15H23NS. The SMILES string of the molecule is CC1(C)CCC(NC(c2cccs2)C2CC2)C1. The van der Waals surface area contributed by atoms with E-state index in [1.807, 2.05) is 11.3 Å². The fourth-order valence-electron chi connectivity index (χ4n) is 3.18. The summed E-state index contributed by atoms with van der Waals surface area (Å²) in [5.74, 6) is 0.914. The Bertz CT molecular complexity index is 364. The summed E-state index contributed by atoms with van der Waals surface area (Å²) in [7, 11) is 0. The van der Waals surface area contributed by atoms with Gasteiger partial charge in [0.15, 0.2) is 0 Å². The van der Waals surface area contributed by atoms with Gasteiger partial charge in [-0.15, -0.1) is 11.3 Å². The van der Waals surface area contributed by atoms with Gasteiger partial charge in [-0.3, -0.25) is 0 Å². The van der Waals surface area contributed by atoms with Crippen LogP contribution in [-0.4, -0.2) is 6.04 Å². The smallest absolute Gasteiger partial charge is 0.0445 e. The Hall–Kier alpha value is -0.340. The molecule has 0 bridgehead atoms. The van der Waals surface area contributed by atoms with E-state index in [2.05, 4.69) is 36.7 Å². The van der Waals surface area contributed by atoms with E-state index in [9.17, 15) is 0 Å². The Kier molecular flexibility index (Phi) is 3.04. The molecule has 0 saturated heterocycles. The molecule has 3 rings (SSSR count). The van der Waals surface area contributed by atoms with Crippen LogP contribution < -0.4 is 5.32 Å². The standard InChI is InChI=1S/C15H23NS/c1-15(2)8-7-12(10-15)16-14(11-5-6-11)13-4-3-9-17-13/h3-4,9,11-12,14,16H,5-8,10H2,1-2H3. The van der Waals surface area contributed by atoms with E-state index in [4.69, 9.17) is 0 Å². The van der Waals surface area contributed by atoms with Crippen molar-refractivity contribution in [3.63, 3.8) is 0 Å². The van der Waals surface area contributed by atoms with Gasteiger partial charge in [-0.1, -0.05) is 19.9 Å². The minimum atomic E-state index is 0.557. The van der Waals surface area contributed by atoms with E-state index in [0.717, 1.165) is 12.0 Å². The number of rotatable bonds is 4. The molecule has 0 aromatic carbocycles.